The monoisotopic (exact) mass is 384 g/mol. The van der Waals surface area contributed by atoms with Gasteiger partial charge in [-0.15, -0.1) is 0 Å². The van der Waals surface area contributed by atoms with Gasteiger partial charge in [0.2, 0.25) is 15.9 Å². The van der Waals surface area contributed by atoms with Crippen molar-refractivity contribution in [2.45, 2.75) is 24.7 Å². The molecule has 1 amide bonds. The number of ether oxygens (including phenoxy) is 1. The summed E-state index contributed by atoms with van der Waals surface area (Å²) in [5.74, 6) is -1.46. The van der Waals surface area contributed by atoms with Crippen LogP contribution in [-0.2, 0) is 24.3 Å². The van der Waals surface area contributed by atoms with Gasteiger partial charge in [-0.1, -0.05) is 17.7 Å². The second kappa shape index (κ2) is 9.11. The topological polar surface area (TPSA) is 113 Å². The van der Waals surface area contributed by atoms with Crippen molar-refractivity contribution in [1.29, 1.82) is 0 Å². The molecular formula is C17H24N2O6S. The van der Waals surface area contributed by atoms with Gasteiger partial charge < -0.3 is 15.2 Å². The third kappa shape index (κ3) is 5.52. The first-order chi connectivity index (χ1) is 12.3. The maximum Gasteiger partial charge on any atom is 0.329 e. The number of rotatable bonds is 8. The van der Waals surface area contributed by atoms with Crippen LogP contribution in [0.3, 0.4) is 0 Å². The lowest BCUT2D eigenvalue weighted by molar-refractivity contribution is -0.142. The molecule has 0 spiro atoms. The van der Waals surface area contributed by atoms with Crippen LogP contribution in [0.25, 0.3) is 0 Å². The molecule has 1 fully saturated rings. The molecule has 1 heterocycles. The van der Waals surface area contributed by atoms with Gasteiger partial charge in [0.25, 0.3) is 0 Å². The summed E-state index contributed by atoms with van der Waals surface area (Å²) < 4.78 is 31.5. The van der Waals surface area contributed by atoms with Gasteiger partial charge in [-0.05, 0) is 31.9 Å². The zero-order valence-corrected chi connectivity index (χ0v) is 15.5. The molecule has 9 heteroatoms. The van der Waals surface area contributed by atoms with E-state index in [1.54, 1.807) is 24.3 Å². The smallest absolute Gasteiger partial charge is 0.329 e. The summed E-state index contributed by atoms with van der Waals surface area (Å²) in [5.41, 5.74) is 0.992. The Bertz CT molecular complexity index is 724. The highest BCUT2D eigenvalue weighted by atomic mass is 32.2. The van der Waals surface area contributed by atoms with Crippen molar-refractivity contribution in [3.8, 4) is 0 Å². The normalized spacial score (nSPS) is 16.3. The molecule has 1 aliphatic rings. The van der Waals surface area contributed by atoms with E-state index >= 15 is 0 Å². The minimum Gasteiger partial charge on any atom is -0.480 e. The highest BCUT2D eigenvalue weighted by Crippen LogP contribution is 2.24. The molecule has 0 aliphatic carbocycles. The molecule has 144 valence electrons. The minimum atomic E-state index is -3.53. The van der Waals surface area contributed by atoms with Crippen molar-refractivity contribution in [2.24, 2.45) is 5.92 Å². The van der Waals surface area contributed by atoms with Gasteiger partial charge in [-0.3, -0.25) is 4.79 Å². The summed E-state index contributed by atoms with van der Waals surface area (Å²) in [6.07, 6.45) is 0.903. The fourth-order valence-electron chi connectivity index (χ4n) is 2.77. The van der Waals surface area contributed by atoms with Gasteiger partial charge in [-0.25, -0.2) is 13.2 Å². The number of hydrogen-bond acceptors (Lipinski definition) is 5. The van der Waals surface area contributed by atoms with E-state index < -0.39 is 22.6 Å². The van der Waals surface area contributed by atoms with Crippen LogP contribution in [0.4, 0.5) is 0 Å². The van der Waals surface area contributed by atoms with Crippen LogP contribution in [0.1, 0.15) is 18.4 Å². The average Bonchev–Trinajstić information content (AvgIpc) is 2.61. The number of piperidine rings is 1. The van der Waals surface area contributed by atoms with Gasteiger partial charge in [-0.2, -0.15) is 4.31 Å². The minimum absolute atomic E-state index is 0.124. The van der Waals surface area contributed by atoms with Gasteiger partial charge in [0.05, 0.1) is 11.5 Å². The fraction of sp³-hybridized carbons (Fsp3) is 0.529. The molecule has 1 aromatic rings. The van der Waals surface area contributed by atoms with Crippen LogP contribution >= 0.6 is 0 Å². The highest BCUT2D eigenvalue weighted by Gasteiger charge is 2.31. The quantitative estimate of drug-likeness (QED) is 0.635. The van der Waals surface area contributed by atoms with E-state index in [1.165, 1.54) is 4.31 Å². The number of aryl methyl sites for hydroxylation is 1. The number of nitrogens with one attached hydrogen (secondary N) is 1. The molecule has 1 aromatic carbocycles. The zero-order valence-electron chi connectivity index (χ0n) is 14.7. The second-order valence-corrected chi connectivity index (χ2v) is 8.17. The van der Waals surface area contributed by atoms with Crippen molar-refractivity contribution in [3.05, 3.63) is 29.8 Å². The summed E-state index contributed by atoms with van der Waals surface area (Å²) >= 11 is 0. The number of carboxylic acid groups (broad SMARTS) is 1. The van der Waals surface area contributed by atoms with E-state index in [9.17, 15) is 18.0 Å². The van der Waals surface area contributed by atoms with Gasteiger partial charge in [0.15, 0.2) is 0 Å². The Kier molecular flexibility index (Phi) is 7.13. The molecule has 26 heavy (non-hydrogen) atoms. The van der Waals surface area contributed by atoms with E-state index in [1.807, 2.05) is 6.92 Å². The maximum atomic E-state index is 12.6. The van der Waals surface area contributed by atoms with Crippen molar-refractivity contribution < 1.29 is 27.9 Å². The lowest BCUT2D eigenvalue weighted by atomic mass is 9.97. The number of hydrogen-bond donors (Lipinski definition) is 2. The number of carbonyl (C=O) groups excluding carboxylic acids is 1. The second-order valence-electron chi connectivity index (χ2n) is 6.23. The fourth-order valence-corrected chi connectivity index (χ4v) is 4.24. The largest absolute Gasteiger partial charge is 0.480 e. The predicted molar refractivity (Wildman–Crippen MR) is 94.1 cm³/mol. The maximum absolute atomic E-state index is 12.6. The van der Waals surface area contributed by atoms with Gasteiger partial charge in [0.1, 0.15) is 6.61 Å². The summed E-state index contributed by atoms with van der Waals surface area (Å²) in [6.45, 7) is 2.44. The number of aliphatic carboxylic acids is 1. The van der Waals surface area contributed by atoms with E-state index in [4.69, 9.17) is 9.84 Å². The Balaban J connectivity index is 1.80. The first kappa shape index (κ1) is 20.3. The molecule has 1 saturated heterocycles. The molecular weight excluding hydrogens is 360 g/mol. The van der Waals surface area contributed by atoms with Crippen LogP contribution in [0, 0.1) is 12.8 Å². The summed E-state index contributed by atoms with van der Waals surface area (Å²) in [7, 11) is -3.53. The van der Waals surface area contributed by atoms with E-state index in [-0.39, 0.29) is 29.9 Å². The molecule has 2 rings (SSSR count). The Labute approximate surface area is 153 Å². The first-order valence-corrected chi connectivity index (χ1v) is 9.89. The Morgan fingerprint density at radius 3 is 2.42 bits per heavy atom. The third-order valence-electron chi connectivity index (χ3n) is 4.25. The number of carbonyl (C=O) groups is 2. The van der Waals surface area contributed by atoms with Crippen LogP contribution in [0.5, 0.6) is 0 Å². The van der Waals surface area contributed by atoms with Crippen molar-refractivity contribution in [2.75, 3.05) is 32.8 Å². The number of benzene rings is 1. The van der Waals surface area contributed by atoms with Crippen molar-refractivity contribution in [1.82, 2.24) is 9.62 Å². The van der Waals surface area contributed by atoms with Crippen molar-refractivity contribution in [3.63, 3.8) is 0 Å². The average molecular weight is 384 g/mol. The molecule has 0 radical (unpaired) electrons. The van der Waals surface area contributed by atoms with Gasteiger partial charge >= 0.3 is 5.97 Å². The number of sulfonamides is 1. The lowest BCUT2D eigenvalue weighted by Gasteiger charge is -2.30. The SMILES string of the molecule is Cc1ccc(S(=O)(=O)N2CCC(C(=O)NCCOCC(=O)O)CC2)cc1. The summed E-state index contributed by atoms with van der Waals surface area (Å²) in [6, 6.07) is 6.72. The van der Waals surface area contributed by atoms with E-state index in [0.717, 1.165) is 5.56 Å². The number of carboxylic acids is 1. The molecule has 2 N–H and O–H groups in total. The van der Waals surface area contributed by atoms with Crippen LogP contribution in [0.2, 0.25) is 0 Å². The molecule has 1 aliphatic heterocycles. The first-order valence-electron chi connectivity index (χ1n) is 8.45. The number of nitrogens with zero attached hydrogens (tertiary/aromatic N) is 1. The zero-order chi connectivity index (χ0) is 19.2. The molecule has 0 aromatic heterocycles. The van der Waals surface area contributed by atoms with Gasteiger partial charge in [0, 0.05) is 25.6 Å². The van der Waals surface area contributed by atoms with E-state index in [0.29, 0.717) is 25.9 Å². The molecule has 8 nitrogen and oxygen atoms in total. The molecule has 0 saturated carbocycles. The van der Waals surface area contributed by atoms with Crippen molar-refractivity contribution >= 4 is 21.9 Å². The standard InChI is InChI=1S/C17H24N2O6S/c1-13-2-4-15(5-3-13)26(23,24)19-9-6-14(7-10-19)17(22)18-8-11-25-12-16(20)21/h2-5,14H,6-12H2,1H3,(H,18,22)(H,20,21). The van der Waals surface area contributed by atoms with Crippen LogP contribution in [-0.4, -0.2) is 62.6 Å². The third-order valence-corrected chi connectivity index (χ3v) is 6.17. The Hall–Kier alpha value is -1.97. The Morgan fingerprint density at radius 2 is 1.85 bits per heavy atom. The van der Waals surface area contributed by atoms with Crippen LogP contribution in [0.15, 0.2) is 29.2 Å². The predicted octanol–water partition coefficient (Wildman–Crippen LogP) is 0.613. The van der Waals surface area contributed by atoms with Crippen LogP contribution < -0.4 is 5.32 Å². The highest BCUT2D eigenvalue weighted by molar-refractivity contribution is 7.89. The molecule has 0 atom stereocenters. The summed E-state index contributed by atoms with van der Waals surface area (Å²) in [4.78, 5) is 22.7. The lowest BCUT2D eigenvalue weighted by Crippen LogP contribution is -2.43. The molecule has 0 bridgehead atoms. The molecule has 0 unspecified atom stereocenters. The van der Waals surface area contributed by atoms with E-state index in [2.05, 4.69) is 5.32 Å². The number of amides is 1. The Morgan fingerprint density at radius 1 is 1.23 bits per heavy atom. The summed E-state index contributed by atoms with van der Waals surface area (Å²) in [5, 5.41) is 11.1.